The van der Waals surface area contributed by atoms with Gasteiger partial charge in [0.25, 0.3) is 5.89 Å². The third-order valence-electron chi connectivity index (χ3n) is 12.2. The summed E-state index contributed by atoms with van der Waals surface area (Å²) in [5, 5.41) is 16.7. The minimum absolute atomic E-state index is 0.0363. The Hall–Kier alpha value is -4.80. The van der Waals surface area contributed by atoms with Gasteiger partial charge in [0, 0.05) is 73.3 Å². The van der Waals surface area contributed by atoms with Crippen LogP contribution in [0.4, 0.5) is 15.9 Å². The number of ether oxygens (including phenoxy) is 1. The maximum absolute atomic E-state index is 14.6. The highest BCUT2D eigenvalue weighted by molar-refractivity contribution is 6.36. The number of carbonyl (C=O) groups excluding carboxylic acids is 1. The van der Waals surface area contributed by atoms with Gasteiger partial charge in [-0.25, -0.2) is 4.39 Å². The maximum atomic E-state index is 14.6. The number of fused-ring (bicyclic) bond motifs is 3. The van der Waals surface area contributed by atoms with Crippen LogP contribution < -0.4 is 14.5 Å². The smallest absolute Gasteiger partial charge is 0.318 e. The summed E-state index contributed by atoms with van der Waals surface area (Å²) in [4.78, 5) is 36.5. The second-order valence-electron chi connectivity index (χ2n) is 15.7. The lowest BCUT2D eigenvalue weighted by Gasteiger charge is -2.42. The van der Waals surface area contributed by atoms with Crippen LogP contribution in [0.3, 0.4) is 0 Å². The fraction of sp³-hybridized carbons (Fsp3) is 0.500. The molecule has 280 valence electrons. The zero-order valence-corrected chi connectivity index (χ0v) is 31.1. The van der Waals surface area contributed by atoms with Crippen LogP contribution in [0.5, 0.6) is 6.01 Å². The highest BCUT2D eigenvalue weighted by Crippen LogP contribution is 2.46. The molecule has 1 aliphatic carbocycles. The topological polar surface area (TPSA) is 128 Å². The van der Waals surface area contributed by atoms with Gasteiger partial charge in [0.05, 0.1) is 41.3 Å². The van der Waals surface area contributed by atoms with E-state index in [4.69, 9.17) is 30.8 Å². The second-order valence-corrected chi connectivity index (χ2v) is 16.2. The number of hydrogen-bond acceptors (Lipinski definition) is 11. The fourth-order valence-electron chi connectivity index (χ4n) is 8.92. The molecule has 4 aromatic rings. The van der Waals surface area contributed by atoms with Crippen molar-refractivity contribution in [1.29, 1.82) is 5.26 Å². The van der Waals surface area contributed by atoms with Gasteiger partial charge in [0.1, 0.15) is 18.6 Å². The Morgan fingerprint density at radius 1 is 1.09 bits per heavy atom. The maximum Gasteiger partial charge on any atom is 0.318 e. The van der Waals surface area contributed by atoms with E-state index in [9.17, 15) is 14.4 Å². The number of nitrogens with zero attached hydrogens (tertiary/aromatic N) is 9. The molecule has 4 aliphatic heterocycles. The molecule has 54 heavy (non-hydrogen) atoms. The van der Waals surface area contributed by atoms with Gasteiger partial charge in [0.15, 0.2) is 5.82 Å². The van der Waals surface area contributed by atoms with Crippen molar-refractivity contribution in [3.05, 3.63) is 70.5 Å². The number of carbonyl (C=O) groups is 1. The summed E-state index contributed by atoms with van der Waals surface area (Å²) in [5.74, 6) is 1.51. The van der Waals surface area contributed by atoms with E-state index in [-0.39, 0.29) is 35.3 Å². The summed E-state index contributed by atoms with van der Waals surface area (Å²) >= 11 is 6.76. The molecule has 2 aromatic carbocycles. The quantitative estimate of drug-likeness (QED) is 0.190. The van der Waals surface area contributed by atoms with Crippen molar-refractivity contribution in [2.45, 2.75) is 81.6 Å². The number of hydrogen-bond donors (Lipinski definition) is 0. The van der Waals surface area contributed by atoms with Gasteiger partial charge in [-0.1, -0.05) is 47.9 Å². The molecule has 0 N–H and O–H groups in total. The van der Waals surface area contributed by atoms with Crippen LogP contribution in [0.15, 0.2) is 47.0 Å². The Balaban J connectivity index is 0.995. The van der Waals surface area contributed by atoms with Crippen LogP contribution in [0.25, 0.3) is 16.8 Å². The normalized spacial score (nSPS) is 24.9. The number of nitriles is 1. The molecule has 3 atom stereocenters. The summed E-state index contributed by atoms with van der Waals surface area (Å²) in [6, 6.07) is 14.4. The van der Waals surface area contributed by atoms with Crippen molar-refractivity contribution in [3.63, 3.8) is 0 Å². The summed E-state index contributed by atoms with van der Waals surface area (Å²) in [6.45, 7) is 6.31. The molecule has 12 nitrogen and oxygen atoms in total. The van der Waals surface area contributed by atoms with Crippen LogP contribution in [0.2, 0.25) is 5.02 Å². The summed E-state index contributed by atoms with van der Waals surface area (Å²) < 4.78 is 26.5. The predicted molar refractivity (Wildman–Crippen MR) is 202 cm³/mol. The number of halogens is 2. The van der Waals surface area contributed by atoms with Gasteiger partial charge in [-0.3, -0.25) is 9.69 Å². The minimum Gasteiger partial charge on any atom is -0.461 e. The van der Waals surface area contributed by atoms with Crippen molar-refractivity contribution in [1.82, 2.24) is 29.9 Å². The molecule has 1 saturated carbocycles. The highest BCUT2D eigenvalue weighted by atomic mass is 35.5. The molecule has 4 fully saturated rings. The molecule has 0 bridgehead atoms. The van der Waals surface area contributed by atoms with Crippen molar-refractivity contribution in [3.8, 4) is 12.1 Å². The van der Waals surface area contributed by atoms with Crippen LogP contribution in [0.1, 0.15) is 68.4 Å². The van der Waals surface area contributed by atoms with E-state index in [1.165, 1.54) is 6.08 Å². The molecule has 1 amide bonds. The van der Waals surface area contributed by atoms with E-state index in [0.717, 1.165) is 72.3 Å². The van der Waals surface area contributed by atoms with Crippen molar-refractivity contribution >= 4 is 45.9 Å². The summed E-state index contributed by atoms with van der Waals surface area (Å²) in [6.07, 6.45) is 7.39. The number of benzene rings is 2. The van der Waals surface area contributed by atoms with Crippen molar-refractivity contribution < 1.29 is 18.4 Å². The van der Waals surface area contributed by atoms with E-state index < -0.39 is 6.17 Å². The van der Waals surface area contributed by atoms with Crippen LogP contribution in [-0.2, 0) is 23.2 Å². The molecule has 5 aliphatic rings. The second kappa shape index (κ2) is 13.8. The number of piperazine rings is 1. The lowest BCUT2D eigenvalue weighted by molar-refractivity contribution is -0.128. The average Bonchev–Trinajstić information content (AvgIpc) is 3.45. The number of amides is 1. The van der Waals surface area contributed by atoms with Gasteiger partial charge in [0.2, 0.25) is 5.91 Å². The standard InChI is InChI=1S/C40H43ClFN9O3/c1-39(14-15-39)37-45-33(54-47-37)9-10-34(52)51-20-19-49(23-28(51)11-16-43)36-29-12-18-48(32-8-3-6-26-5-2-7-30(41)35(26)32)24-31(29)44-38(46-36)53-25-40-13-4-17-50(40)22-27(42)21-40/h2-3,5-10,27-28H,4,11-15,17-25H2,1H3/b10-9+/t27-,28+,40+/m1/s1. The molecule has 2 aromatic heterocycles. The first-order chi connectivity index (χ1) is 26.2. The predicted octanol–water partition coefficient (Wildman–Crippen LogP) is 5.88. The third kappa shape index (κ3) is 6.43. The van der Waals surface area contributed by atoms with Crippen molar-refractivity contribution in [2.75, 3.05) is 55.7 Å². The highest BCUT2D eigenvalue weighted by Gasteiger charge is 2.49. The first-order valence-corrected chi connectivity index (χ1v) is 19.4. The van der Waals surface area contributed by atoms with Gasteiger partial charge in [-0.15, -0.1) is 0 Å². The van der Waals surface area contributed by atoms with E-state index >= 15 is 0 Å². The minimum atomic E-state index is -0.864. The molecular weight excluding hydrogens is 709 g/mol. The first kappa shape index (κ1) is 34.9. The number of rotatable bonds is 9. The van der Waals surface area contributed by atoms with Gasteiger partial charge < -0.3 is 24.0 Å². The Labute approximate surface area is 318 Å². The third-order valence-corrected chi connectivity index (χ3v) is 12.5. The van der Waals surface area contributed by atoms with Gasteiger partial charge >= 0.3 is 6.01 Å². The number of alkyl halides is 1. The van der Waals surface area contributed by atoms with Crippen molar-refractivity contribution in [2.24, 2.45) is 0 Å². The summed E-state index contributed by atoms with van der Waals surface area (Å²) in [7, 11) is 0. The Morgan fingerprint density at radius 3 is 2.78 bits per heavy atom. The SMILES string of the molecule is CC1(c2noc(/C=C/C(=O)N3CCN(c4nc(OC[C@@]56CCCN5C[C@H](F)C6)nc5c4CCN(c4cccc6cccc(Cl)c46)C5)C[C@@H]3CC#N)n2)CC1. The van der Waals surface area contributed by atoms with Gasteiger partial charge in [-0.2, -0.15) is 20.2 Å². The molecule has 6 heterocycles. The van der Waals surface area contributed by atoms with E-state index in [1.807, 2.05) is 12.1 Å². The largest absolute Gasteiger partial charge is 0.461 e. The van der Waals surface area contributed by atoms with Crippen LogP contribution in [-0.4, -0.2) is 99.4 Å². The molecule has 0 radical (unpaired) electrons. The zero-order valence-electron chi connectivity index (χ0n) is 30.4. The molecule has 3 saturated heterocycles. The monoisotopic (exact) mass is 751 g/mol. The van der Waals surface area contributed by atoms with Crippen LogP contribution >= 0.6 is 11.6 Å². The van der Waals surface area contributed by atoms with Gasteiger partial charge in [-0.05, 0) is 56.2 Å². The average molecular weight is 752 g/mol. The number of anilines is 2. The lowest BCUT2D eigenvalue weighted by Crippen LogP contribution is -2.55. The molecule has 0 unspecified atom stereocenters. The zero-order chi connectivity index (χ0) is 37.0. The molecular formula is C40H43ClFN9O3. The first-order valence-electron chi connectivity index (χ1n) is 19.0. The number of aromatic nitrogens is 4. The van der Waals surface area contributed by atoms with E-state index in [0.29, 0.717) is 68.9 Å². The lowest BCUT2D eigenvalue weighted by atomic mass is 9.95. The molecule has 0 spiro atoms. The molecule has 9 rings (SSSR count). The Morgan fingerprint density at radius 2 is 1.94 bits per heavy atom. The Bertz CT molecular complexity index is 2160. The van der Waals surface area contributed by atoms with Crippen LogP contribution in [0, 0.1) is 11.3 Å². The van der Waals surface area contributed by atoms with E-state index in [1.54, 1.807) is 11.0 Å². The van der Waals surface area contributed by atoms with E-state index in [2.05, 4.69) is 62.1 Å². The summed E-state index contributed by atoms with van der Waals surface area (Å²) in [5.41, 5.74) is 2.55. The molecule has 14 heteroatoms. The Kier molecular flexibility index (Phi) is 8.93. The fourth-order valence-corrected chi connectivity index (χ4v) is 9.20.